The van der Waals surface area contributed by atoms with Crippen LogP contribution in [-0.4, -0.2) is 57.0 Å². The van der Waals surface area contributed by atoms with E-state index in [0.717, 1.165) is 28.8 Å². The van der Waals surface area contributed by atoms with Crippen molar-refractivity contribution in [2.75, 3.05) is 39.3 Å². The molecular weight excluding hydrogens is 501 g/mol. The Morgan fingerprint density at radius 1 is 0.865 bits per heavy atom. The molecule has 0 bridgehead atoms. The molecule has 1 atom stereocenters. The van der Waals surface area contributed by atoms with Crippen molar-refractivity contribution >= 4 is 10.0 Å². The van der Waals surface area contributed by atoms with Crippen molar-refractivity contribution in [3.05, 3.63) is 101 Å². The minimum absolute atomic E-state index is 0.291. The zero-order valence-electron chi connectivity index (χ0n) is 20.9. The summed E-state index contributed by atoms with van der Waals surface area (Å²) in [5, 5.41) is 0. The lowest BCUT2D eigenvalue weighted by Crippen LogP contribution is -2.49. The molecule has 1 unspecified atom stereocenters. The van der Waals surface area contributed by atoms with Gasteiger partial charge >= 0.3 is 6.18 Å². The van der Waals surface area contributed by atoms with Gasteiger partial charge in [-0.2, -0.15) is 17.5 Å². The number of halogens is 3. The molecular formula is C28H31F3N2O3S. The summed E-state index contributed by atoms with van der Waals surface area (Å²) in [5.41, 5.74) is 2.11. The highest BCUT2D eigenvalue weighted by Gasteiger charge is 2.32. The van der Waals surface area contributed by atoms with Crippen LogP contribution in [0, 0.1) is 13.8 Å². The first-order valence-electron chi connectivity index (χ1n) is 12.2. The Bertz CT molecular complexity index is 1310. The van der Waals surface area contributed by atoms with Crippen LogP contribution in [0.15, 0.2) is 77.7 Å². The summed E-state index contributed by atoms with van der Waals surface area (Å²) in [5.74, 6) is 0. The Labute approximate surface area is 216 Å². The number of alkyl halides is 3. The van der Waals surface area contributed by atoms with Crippen molar-refractivity contribution in [2.24, 2.45) is 0 Å². The van der Waals surface area contributed by atoms with Crippen LogP contribution in [0.4, 0.5) is 13.2 Å². The fourth-order valence-corrected chi connectivity index (χ4v) is 6.24. The smallest absolute Gasteiger partial charge is 0.367 e. The van der Waals surface area contributed by atoms with Gasteiger partial charge in [0.15, 0.2) is 0 Å². The Kier molecular flexibility index (Phi) is 8.38. The Hall–Kier alpha value is -2.72. The molecule has 1 saturated heterocycles. The van der Waals surface area contributed by atoms with E-state index in [-0.39, 0.29) is 0 Å². The van der Waals surface area contributed by atoms with Crippen LogP contribution in [0.3, 0.4) is 0 Å². The molecule has 1 aliphatic rings. The second-order valence-electron chi connectivity index (χ2n) is 9.30. The lowest BCUT2D eigenvalue weighted by Gasteiger charge is -2.34. The van der Waals surface area contributed by atoms with Crippen LogP contribution in [0.1, 0.15) is 33.9 Å². The second kappa shape index (κ2) is 11.3. The van der Waals surface area contributed by atoms with Gasteiger partial charge in [-0.15, -0.1) is 0 Å². The Morgan fingerprint density at radius 2 is 1.54 bits per heavy atom. The molecule has 0 saturated carbocycles. The van der Waals surface area contributed by atoms with Gasteiger partial charge < -0.3 is 4.74 Å². The number of nitrogens with zero attached hydrogens (tertiary/aromatic N) is 2. The number of aryl methyl sites for hydroxylation is 2. The predicted octanol–water partition coefficient (Wildman–Crippen LogP) is 5.43. The molecule has 9 heteroatoms. The van der Waals surface area contributed by atoms with Gasteiger partial charge in [0.2, 0.25) is 10.0 Å². The highest BCUT2D eigenvalue weighted by atomic mass is 32.2. The van der Waals surface area contributed by atoms with E-state index in [0.29, 0.717) is 49.8 Å². The van der Waals surface area contributed by atoms with Crippen molar-refractivity contribution in [1.29, 1.82) is 0 Å². The van der Waals surface area contributed by atoms with Crippen LogP contribution in [0.2, 0.25) is 0 Å². The minimum atomic E-state index is -4.44. The largest absolute Gasteiger partial charge is 0.416 e. The summed E-state index contributed by atoms with van der Waals surface area (Å²) in [4.78, 5) is 2.46. The first kappa shape index (κ1) is 27.3. The van der Waals surface area contributed by atoms with Crippen LogP contribution in [0.5, 0.6) is 0 Å². The van der Waals surface area contributed by atoms with E-state index >= 15 is 0 Å². The molecule has 0 radical (unpaired) electrons. The van der Waals surface area contributed by atoms with Crippen LogP contribution < -0.4 is 0 Å². The van der Waals surface area contributed by atoms with E-state index < -0.39 is 27.9 Å². The van der Waals surface area contributed by atoms with E-state index in [4.69, 9.17) is 4.74 Å². The lowest BCUT2D eigenvalue weighted by molar-refractivity contribution is -0.137. The first-order chi connectivity index (χ1) is 17.6. The maximum Gasteiger partial charge on any atom is 0.416 e. The fourth-order valence-electron chi connectivity index (χ4n) is 4.51. The molecule has 0 amide bonds. The van der Waals surface area contributed by atoms with E-state index in [1.165, 1.54) is 10.4 Å². The second-order valence-corrected chi connectivity index (χ2v) is 11.2. The van der Waals surface area contributed by atoms with Gasteiger partial charge in [-0.05, 0) is 54.3 Å². The molecule has 1 aliphatic heterocycles. The first-order valence-corrected chi connectivity index (χ1v) is 13.6. The van der Waals surface area contributed by atoms with Crippen molar-refractivity contribution < 1.29 is 26.3 Å². The van der Waals surface area contributed by atoms with Gasteiger partial charge in [0, 0.05) is 32.7 Å². The number of sulfonamides is 1. The monoisotopic (exact) mass is 532 g/mol. The van der Waals surface area contributed by atoms with E-state index in [1.54, 1.807) is 19.1 Å². The third-order valence-electron chi connectivity index (χ3n) is 6.60. The molecule has 0 spiro atoms. The van der Waals surface area contributed by atoms with E-state index in [1.807, 2.05) is 49.4 Å². The van der Waals surface area contributed by atoms with Crippen molar-refractivity contribution in [3.63, 3.8) is 0 Å². The van der Waals surface area contributed by atoms with Crippen LogP contribution >= 0.6 is 0 Å². The maximum absolute atomic E-state index is 13.3. The molecule has 0 aliphatic carbocycles. The number of rotatable bonds is 8. The van der Waals surface area contributed by atoms with Crippen molar-refractivity contribution in [3.8, 4) is 0 Å². The standard InChI is InChI=1S/C28H31F3N2O3S/c1-21-11-12-22(2)26(19-21)37(34,35)33-15-13-32(14-16-33)17-18-36-27(23-7-4-3-5-8-23)24-9-6-10-25(20-24)28(29,30)31/h3-12,19-20,27H,13-18H2,1-2H3. The molecule has 37 heavy (non-hydrogen) atoms. The summed E-state index contributed by atoms with van der Waals surface area (Å²) >= 11 is 0. The number of piperazine rings is 1. The van der Waals surface area contributed by atoms with E-state index in [2.05, 4.69) is 4.90 Å². The van der Waals surface area contributed by atoms with Crippen LogP contribution in [-0.2, 0) is 20.9 Å². The normalized spacial score (nSPS) is 16.6. The quantitative estimate of drug-likeness (QED) is 0.388. The van der Waals surface area contributed by atoms with Crippen molar-refractivity contribution in [2.45, 2.75) is 31.0 Å². The Morgan fingerprint density at radius 3 is 2.22 bits per heavy atom. The topological polar surface area (TPSA) is 49.9 Å². The summed E-state index contributed by atoms with van der Waals surface area (Å²) in [6.45, 7) is 6.34. The predicted molar refractivity (Wildman–Crippen MR) is 137 cm³/mol. The molecule has 3 aromatic rings. The summed E-state index contributed by atoms with van der Waals surface area (Å²) in [7, 11) is -3.58. The SMILES string of the molecule is Cc1ccc(C)c(S(=O)(=O)N2CCN(CCOC(c3ccccc3)c3cccc(C(F)(F)F)c3)CC2)c1. The molecule has 198 valence electrons. The molecule has 0 N–H and O–H groups in total. The number of hydrogen-bond donors (Lipinski definition) is 0. The fraction of sp³-hybridized carbons (Fsp3) is 0.357. The summed E-state index contributed by atoms with van der Waals surface area (Å²) in [6, 6.07) is 19.8. The number of ether oxygens (including phenoxy) is 1. The zero-order valence-corrected chi connectivity index (χ0v) is 21.7. The van der Waals surface area contributed by atoms with Gasteiger partial charge in [0.25, 0.3) is 0 Å². The zero-order chi connectivity index (χ0) is 26.6. The third-order valence-corrected chi connectivity index (χ3v) is 8.64. The molecule has 0 aromatic heterocycles. The molecule has 4 rings (SSSR count). The molecule has 5 nitrogen and oxygen atoms in total. The van der Waals surface area contributed by atoms with Gasteiger partial charge in [0.1, 0.15) is 6.10 Å². The highest BCUT2D eigenvalue weighted by Crippen LogP contribution is 2.33. The maximum atomic E-state index is 13.3. The highest BCUT2D eigenvalue weighted by molar-refractivity contribution is 7.89. The number of hydrogen-bond acceptors (Lipinski definition) is 4. The van der Waals surface area contributed by atoms with Gasteiger partial charge in [0.05, 0.1) is 17.1 Å². The van der Waals surface area contributed by atoms with E-state index in [9.17, 15) is 21.6 Å². The summed E-state index contributed by atoms with van der Waals surface area (Å²) in [6.07, 6.45) is -5.08. The van der Waals surface area contributed by atoms with Gasteiger partial charge in [-0.1, -0.05) is 54.6 Å². The number of benzene rings is 3. The molecule has 3 aromatic carbocycles. The lowest BCUT2D eigenvalue weighted by atomic mass is 9.99. The van der Waals surface area contributed by atoms with Crippen LogP contribution in [0.25, 0.3) is 0 Å². The molecule has 1 heterocycles. The Balaban J connectivity index is 1.39. The molecule has 1 fully saturated rings. The average Bonchev–Trinajstić information content (AvgIpc) is 2.88. The minimum Gasteiger partial charge on any atom is -0.367 e. The van der Waals surface area contributed by atoms with Crippen molar-refractivity contribution in [1.82, 2.24) is 9.21 Å². The van der Waals surface area contributed by atoms with Gasteiger partial charge in [-0.3, -0.25) is 4.90 Å². The average molecular weight is 533 g/mol. The summed E-state index contributed by atoms with van der Waals surface area (Å²) < 4.78 is 73.9. The van der Waals surface area contributed by atoms with Gasteiger partial charge in [-0.25, -0.2) is 8.42 Å². The third kappa shape index (κ3) is 6.59.